The summed E-state index contributed by atoms with van der Waals surface area (Å²) in [6.45, 7) is 4.78. The number of ketones is 4. The van der Waals surface area contributed by atoms with E-state index in [9.17, 15) is 34.2 Å². The molecule has 3 aliphatic carbocycles. The van der Waals surface area contributed by atoms with Crippen LogP contribution in [0.15, 0.2) is 6.07 Å². The molecular weight excluding hydrogens is 537 g/mol. The summed E-state index contributed by atoms with van der Waals surface area (Å²) in [5, 5.41) is 22.5. The van der Waals surface area contributed by atoms with Crippen molar-refractivity contribution in [1.29, 1.82) is 0 Å². The summed E-state index contributed by atoms with van der Waals surface area (Å²) in [6.07, 6.45) is 0.672. The third kappa shape index (κ3) is 4.52. The average Bonchev–Trinajstić information content (AvgIpc) is 3.41. The lowest BCUT2D eigenvalue weighted by Gasteiger charge is -2.52. The number of hydrogen-bond acceptors (Lipinski definition) is 10. The molecule has 4 aliphatic rings. The van der Waals surface area contributed by atoms with Crippen molar-refractivity contribution in [3.8, 4) is 5.75 Å². The van der Waals surface area contributed by atoms with Gasteiger partial charge in [0.15, 0.2) is 34.7 Å². The Labute approximate surface area is 236 Å². The number of phenolic OH excluding ortho intramolecular Hbond substituents is 1. The molecule has 1 aromatic rings. The monoisotopic (exact) mass is 573 g/mol. The molecule has 7 atom stereocenters. The minimum Gasteiger partial charge on any atom is -0.507 e. The van der Waals surface area contributed by atoms with Gasteiger partial charge in [-0.05, 0) is 57.8 Å². The third-order valence-electron chi connectivity index (χ3n) is 9.45. The first-order chi connectivity index (χ1) is 19.3. The van der Waals surface area contributed by atoms with Gasteiger partial charge >= 0.3 is 0 Å². The first-order valence-corrected chi connectivity index (χ1v) is 14.0. The number of halogens is 1. The number of ether oxygens (including phenoxy) is 1. The Morgan fingerprint density at radius 2 is 1.93 bits per heavy atom. The number of amides is 1. The molecule has 1 aliphatic heterocycles. The van der Waals surface area contributed by atoms with Crippen LogP contribution < -0.4 is 5.73 Å². The molecule has 0 spiro atoms. The second-order valence-electron chi connectivity index (χ2n) is 12.1. The molecule has 2 saturated carbocycles. The van der Waals surface area contributed by atoms with E-state index in [-0.39, 0.29) is 36.1 Å². The van der Waals surface area contributed by atoms with Crippen molar-refractivity contribution in [2.24, 2.45) is 35.3 Å². The van der Waals surface area contributed by atoms with Crippen molar-refractivity contribution >= 4 is 29.0 Å². The number of Topliss-reactive ketones (excluding diaryl/α,β-unsaturated/α-hetero) is 4. The fourth-order valence-corrected chi connectivity index (χ4v) is 7.46. The topological polar surface area (TPSA) is 168 Å². The zero-order valence-corrected chi connectivity index (χ0v) is 23.4. The summed E-state index contributed by atoms with van der Waals surface area (Å²) in [6, 6.07) is -0.0143. The number of benzene rings is 1. The van der Waals surface area contributed by atoms with Crippen molar-refractivity contribution < 1.29 is 43.3 Å². The highest BCUT2D eigenvalue weighted by atomic mass is 19.1. The summed E-state index contributed by atoms with van der Waals surface area (Å²) >= 11 is 0. The van der Waals surface area contributed by atoms with Crippen LogP contribution in [-0.4, -0.2) is 101 Å². The number of carbonyl (C=O) groups is 5. The van der Waals surface area contributed by atoms with Crippen LogP contribution in [0.2, 0.25) is 0 Å². The van der Waals surface area contributed by atoms with E-state index in [1.807, 2.05) is 11.8 Å². The Morgan fingerprint density at radius 3 is 2.51 bits per heavy atom. The van der Waals surface area contributed by atoms with Gasteiger partial charge in [0.25, 0.3) is 0 Å². The molecular formula is C29H36FN3O8. The van der Waals surface area contributed by atoms with E-state index >= 15 is 4.39 Å². The number of rotatable bonds is 7. The van der Waals surface area contributed by atoms with Gasteiger partial charge in [0, 0.05) is 36.7 Å². The Hall–Kier alpha value is -3.06. The second kappa shape index (κ2) is 10.6. The van der Waals surface area contributed by atoms with E-state index in [2.05, 4.69) is 0 Å². The van der Waals surface area contributed by atoms with Gasteiger partial charge in [-0.2, -0.15) is 0 Å². The predicted molar refractivity (Wildman–Crippen MR) is 141 cm³/mol. The van der Waals surface area contributed by atoms with Gasteiger partial charge in [-0.15, -0.1) is 0 Å². The lowest BCUT2D eigenvalue weighted by atomic mass is 9.52. The van der Waals surface area contributed by atoms with Crippen LogP contribution in [0.25, 0.3) is 0 Å². The Morgan fingerprint density at radius 1 is 1.22 bits per heavy atom. The number of likely N-dealkylation sites (N-methyl/N-ethyl adjacent to an activating group) is 1. The summed E-state index contributed by atoms with van der Waals surface area (Å²) < 4.78 is 21.5. The highest BCUT2D eigenvalue weighted by Crippen LogP contribution is 2.51. The van der Waals surface area contributed by atoms with Gasteiger partial charge in [0.2, 0.25) is 5.91 Å². The fourth-order valence-electron chi connectivity index (χ4n) is 7.46. The fraction of sp³-hybridized carbons (Fsp3) is 0.621. The second-order valence-corrected chi connectivity index (χ2v) is 12.1. The first-order valence-electron chi connectivity index (χ1n) is 14.0. The molecule has 0 bridgehead atoms. The van der Waals surface area contributed by atoms with Gasteiger partial charge < -0.3 is 20.7 Å². The van der Waals surface area contributed by atoms with E-state index in [1.54, 1.807) is 0 Å². The molecule has 5 rings (SSSR count). The maximum Gasteiger partial charge on any atom is 0.235 e. The number of nitrogens with zero attached hydrogens (tertiary/aromatic N) is 2. The van der Waals surface area contributed by atoms with Gasteiger partial charge in [-0.1, -0.05) is 6.92 Å². The Balaban J connectivity index is 1.52. The molecule has 4 N–H and O–H groups in total. The lowest BCUT2D eigenvalue weighted by Crippen LogP contribution is -2.74. The minimum atomic E-state index is -2.81. The largest absolute Gasteiger partial charge is 0.507 e. The highest BCUT2D eigenvalue weighted by Gasteiger charge is 2.69. The Kier molecular flexibility index (Phi) is 7.64. The predicted octanol–water partition coefficient (Wildman–Crippen LogP) is -0.135. The molecule has 3 fully saturated rings. The lowest BCUT2D eigenvalue weighted by molar-refractivity contribution is -0.181. The van der Waals surface area contributed by atoms with Gasteiger partial charge in [-0.25, -0.2) is 4.39 Å². The van der Waals surface area contributed by atoms with E-state index in [4.69, 9.17) is 10.5 Å². The number of carbonyl (C=O) groups excluding carboxylic acids is 5. The maximum atomic E-state index is 16.0. The van der Waals surface area contributed by atoms with Gasteiger partial charge in [0.05, 0.1) is 24.1 Å². The molecule has 222 valence electrons. The van der Waals surface area contributed by atoms with Crippen LogP contribution in [0, 0.1) is 35.4 Å². The number of aliphatic hydroxyl groups is 1. The zero-order valence-electron chi connectivity index (χ0n) is 23.4. The van der Waals surface area contributed by atoms with Crippen LogP contribution in [0.3, 0.4) is 0 Å². The van der Waals surface area contributed by atoms with Crippen LogP contribution in [0.4, 0.5) is 4.39 Å². The van der Waals surface area contributed by atoms with E-state index in [0.29, 0.717) is 32.2 Å². The number of nitrogens with two attached hydrogens (primary N) is 1. The quantitative estimate of drug-likeness (QED) is 0.374. The summed E-state index contributed by atoms with van der Waals surface area (Å²) in [5.41, 5.74) is 2.37. The molecule has 3 unspecified atom stereocenters. The minimum absolute atomic E-state index is 0.0189. The van der Waals surface area contributed by atoms with Crippen molar-refractivity contribution in [2.75, 3.05) is 40.4 Å². The molecule has 0 aromatic heterocycles. The van der Waals surface area contributed by atoms with E-state index in [0.717, 1.165) is 6.42 Å². The van der Waals surface area contributed by atoms with Crippen molar-refractivity contribution in [3.63, 3.8) is 0 Å². The molecule has 41 heavy (non-hydrogen) atoms. The zero-order chi connectivity index (χ0) is 30.0. The first kappa shape index (κ1) is 29.4. The standard InChI is InChI=1S/C29H36FN3O8/c1-4-33(10-13-5-6-41-12-13)11-15-9-18(34)20-16(22(15)30)7-14-8-17-23(32(2)3)25(36)21(28(31)39)27(38)29(17,40)26(37)19(14)24(20)35/h9,13-14,17,19,21,23,34,40H,4-8,10-12H2,1-3H3,(H2,31,39)/t13?,14-,17-,19?,21?,23-,29-/m0/s1. The smallest absolute Gasteiger partial charge is 0.235 e. The molecule has 1 saturated heterocycles. The molecule has 11 nitrogen and oxygen atoms in total. The van der Waals surface area contributed by atoms with Gasteiger partial charge in [0.1, 0.15) is 11.6 Å². The number of hydrogen-bond donors (Lipinski definition) is 3. The normalized spacial score (nSPS) is 33.2. The van der Waals surface area contributed by atoms with E-state index in [1.165, 1.54) is 25.1 Å². The van der Waals surface area contributed by atoms with Crippen LogP contribution in [0.5, 0.6) is 5.75 Å². The van der Waals surface area contributed by atoms with Crippen molar-refractivity contribution in [2.45, 2.75) is 44.4 Å². The van der Waals surface area contributed by atoms with Crippen LogP contribution >= 0.6 is 0 Å². The van der Waals surface area contributed by atoms with Crippen molar-refractivity contribution in [1.82, 2.24) is 9.80 Å². The molecule has 1 amide bonds. The molecule has 1 aromatic carbocycles. The van der Waals surface area contributed by atoms with E-state index < -0.39 is 75.9 Å². The SMILES string of the molecule is CCN(Cc1cc(O)c2c(c1F)C[C@H]1C[C@H]3[C@H](N(C)C)C(=O)C(C(N)=O)C(=O)[C@@]3(O)C(=O)C1C2=O)CC1CCOC1. The van der Waals surface area contributed by atoms with Gasteiger partial charge in [-0.3, -0.25) is 33.8 Å². The summed E-state index contributed by atoms with van der Waals surface area (Å²) in [4.78, 5) is 69.6. The van der Waals surface area contributed by atoms with Crippen LogP contribution in [-0.2, 0) is 36.9 Å². The Bertz CT molecular complexity index is 1330. The number of phenols is 1. The molecule has 1 heterocycles. The third-order valence-corrected chi connectivity index (χ3v) is 9.45. The highest BCUT2D eigenvalue weighted by molar-refractivity contribution is 6.32. The van der Waals surface area contributed by atoms with Crippen molar-refractivity contribution in [3.05, 3.63) is 28.6 Å². The average molecular weight is 574 g/mol. The number of aromatic hydroxyl groups is 1. The molecule has 0 radical (unpaired) electrons. The number of fused-ring (bicyclic) bond motifs is 3. The summed E-state index contributed by atoms with van der Waals surface area (Å²) in [7, 11) is 3.02. The number of primary amides is 1. The molecule has 12 heteroatoms. The van der Waals surface area contributed by atoms with Crippen LogP contribution in [0.1, 0.15) is 41.3 Å². The maximum absolute atomic E-state index is 16.0. The summed E-state index contributed by atoms with van der Waals surface area (Å²) in [5.74, 6) is -12.0.